The second kappa shape index (κ2) is 4.51. The minimum Gasteiger partial charge on any atom is -0.369 e. The van der Waals surface area contributed by atoms with E-state index in [0.29, 0.717) is 20.7 Å². The average molecular weight is 341 g/mol. The minimum atomic E-state index is -0.360. The third-order valence-corrected chi connectivity index (χ3v) is 3.77. The highest BCUT2D eigenvalue weighted by molar-refractivity contribution is 9.10. The molecule has 0 bridgehead atoms. The molecule has 0 aliphatic heterocycles. The number of nitrogen functional groups attached to an aromatic ring is 1. The molecule has 0 atom stereocenters. The molecule has 0 amide bonds. The second-order valence-electron chi connectivity index (χ2n) is 4.01. The molecule has 1 heterocycles. The van der Waals surface area contributed by atoms with Crippen molar-refractivity contribution < 1.29 is 4.39 Å². The van der Waals surface area contributed by atoms with Crippen molar-refractivity contribution in [2.24, 2.45) is 0 Å². The maximum Gasteiger partial charge on any atom is 0.205 e. The average Bonchev–Trinajstić information content (AvgIpc) is 2.71. The molecule has 96 valence electrons. The molecular formula is C13H8BrClFN3. The molecule has 0 aliphatic carbocycles. The van der Waals surface area contributed by atoms with Crippen molar-refractivity contribution in [1.29, 1.82) is 0 Å². The number of para-hydroxylation sites is 1. The summed E-state index contributed by atoms with van der Waals surface area (Å²) in [5.74, 6) is -0.0920. The number of nitrogens with zero attached hydrogens (tertiary/aromatic N) is 2. The molecule has 0 spiro atoms. The van der Waals surface area contributed by atoms with Gasteiger partial charge in [0.15, 0.2) is 0 Å². The Morgan fingerprint density at radius 2 is 2.05 bits per heavy atom. The molecule has 0 aliphatic rings. The van der Waals surface area contributed by atoms with Gasteiger partial charge < -0.3 is 5.73 Å². The summed E-state index contributed by atoms with van der Waals surface area (Å²) in [5.41, 5.74) is 7.85. The first-order valence-corrected chi connectivity index (χ1v) is 6.63. The van der Waals surface area contributed by atoms with Gasteiger partial charge in [-0.3, -0.25) is 4.57 Å². The molecule has 2 aromatic carbocycles. The van der Waals surface area contributed by atoms with Crippen LogP contribution in [0.25, 0.3) is 16.7 Å². The number of imidazole rings is 1. The van der Waals surface area contributed by atoms with E-state index in [1.807, 2.05) is 6.07 Å². The lowest BCUT2D eigenvalue weighted by molar-refractivity contribution is 0.620. The fourth-order valence-corrected chi connectivity index (χ4v) is 2.44. The molecule has 3 rings (SSSR count). The number of hydrogen-bond donors (Lipinski definition) is 1. The lowest BCUT2D eigenvalue weighted by Crippen LogP contribution is -2.01. The van der Waals surface area contributed by atoms with Crippen molar-refractivity contribution in [2.75, 3.05) is 5.73 Å². The Morgan fingerprint density at radius 3 is 2.79 bits per heavy atom. The lowest BCUT2D eigenvalue weighted by atomic mass is 10.2. The number of rotatable bonds is 1. The Hall–Kier alpha value is -1.59. The SMILES string of the molecule is Nc1nc2c(Cl)cccc2n1-c1ccc(Br)c(F)c1. The van der Waals surface area contributed by atoms with Crippen molar-refractivity contribution in [3.63, 3.8) is 0 Å². The number of anilines is 1. The quantitative estimate of drug-likeness (QED) is 0.723. The summed E-state index contributed by atoms with van der Waals surface area (Å²) < 4.78 is 15.7. The zero-order valence-corrected chi connectivity index (χ0v) is 11.9. The minimum absolute atomic E-state index is 0.268. The molecule has 3 nitrogen and oxygen atoms in total. The van der Waals surface area contributed by atoms with Crippen LogP contribution in [0, 0.1) is 5.82 Å². The summed E-state index contributed by atoms with van der Waals surface area (Å²) in [4.78, 5) is 4.22. The highest BCUT2D eigenvalue weighted by Gasteiger charge is 2.13. The standard InChI is InChI=1S/C13H8BrClFN3/c14-8-5-4-7(6-10(8)16)19-11-3-1-2-9(15)12(11)18-13(19)17/h1-6H,(H2,17,18). The first-order chi connectivity index (χ1) is 9.08. The van der Waals surface area contributed by atoms with Crippen LogP contribution >= 0.6 is 27.5 Å². The zero-order chi connectivity index (χ0) is 13.6. The van der Waals surface area contributed by atoms with Crippen molar-refractivity contribution >= 4 is 44.5 Å². The topological polar surface area (TPSA) is 43.8 Å². The molecule has 6 heteroatoms. The van der Waals surface area contributed by atoms with Crippen LogP contribution < -0.4 is 5.73 Å². The molecule has 0 saturated carbocycles. The van der Waals surface area contributed by atoms with Crippen LogP contribution in [0.2, 0.25) is 5.02 Å². The van der Waals surface area contributed by atoms with Crippen LogP contribution in [0.1, 0.15) is 0 Å². The fraction of sp³-hybridized carbons (Fsp3) is 0. The van der Waals surface area contributed by atoms with Gasteiger partial charge in [-0.2, -0.15) is 0 Å². The van der Waals surface area contributed by atoms with Gasteiger partial charge in [0, 0.05) is 0 Å². The van der Waals surface area contributed by atoms with Crippen LogP contribution in [-0.4, -0.2) is 9.55 Å². The van der Waals surface area contributed by atoms with E-state index in [2.05, 4.69) is 20.9 Å². The number of benzene rings is 2. The van der Waals surface area contributed by atoms with Gasteiger partial charge >= 0.3 is 0 Å². The largest absolute Gasteiger partial charge is 0.369 e. The van der Waals surface area contributed by atoms with Gasteiger partial charge in [-0.25, -0.2) is 9.37 Å². The Bertz CT molecular complexity index is 785. The third kappa shape index (κ3) is 1.99. The number of nitrogens with two attached hydrogens (primary N) is 1. The summed E-state index contributed by atoms with van der Waals surface area (Å²) in [5, 5.41) is 0.514. The lowest BCUT2D eigenvalue weighted by Gasteiger charge is -2.07. The predicted molar refractivity (Wildman–Crippen MR) is 78.2 cm³/mol. The number of aromatic nitrogens is 2. The fourth-order valence-electron chi connectivity index (χ4n) is 1.98. The molecule has 0 fully saturated rings. The summed E-state index contributed by atoms with van der Waals surface area (Å²) >= 11 is 9.19. The van der Waals surface area contributed by atoms with Gasteiger partial charge in [0.2, 0.25) is 5.95 Å². The van der Waals surface area contributed by atoms with Gasteiger partial charge in [-0.15, -0.1) is 0 Å². The molecule has 19 heavy (non-hydrogen) atoms. The van der Waals surface area contributed by atoms with E-state index in [4.69, 9.17) is 17.3 Å². The van der Waals surface area contributed by atoms with Crippen molar-refractivity contribution in [3.8, 4) is 5.69 Å². The molecule has 0 unspecified atom stereocenters. The molecule has 2 N–H and O–H groups in total. The first kappa shape index (κ1) is 12.4. The monoisotopic (exact) mass is 339 g/mol. The van der Waals surface area contributed by atoms with Crippen LogP contribution in [0.3, 0.4) is 0 Å². The van der Waals surface area contributed by atoms with E-state index < -0.39 is 0 Å². The van der Waals surface area contributed by atoms with E-state index in [-0.39, 0.29) is 11.8 Å². The van der Waals surface area contributed by atoms with Gasteiger partial charge in [0.1, 0.15) is 11.3 Å². The summed E-state index contributed by atoms with van der Waals surface area (Å²) in [6.45, 7) is 0. The van der Waals surface area contributed by atoms with E-state index in [0.717, 1.165) is 5.52 Å². The zero-order valence-electron chi connectivity index (χ0n) is 9.57. The van der Waals surface area contributed by atoms with E-state index in [1.54, 1.807) is 28.8 Å². The van der Waals surface area contributed by atoms with Gasteiger partial charge in [0.25, 0.3) is 0 Å². The third-order valence-electron chi connectivity index (χ3n) is 2.82. The van der Waals surface area contributed by atoms with Crippen LogP contribution in [0.4, 0.5) is 10.3 Å². The summed E-state index contributed by atoms with van der Waals surface area (Å²) in [7, 11) is 0. The maximum absolute atomic E-state index is 13.6. The van der Waals surface area contributed by atoms with E-state index in [9.17, 15) is 4.39 Å². The highest BCUT2D eigenvalue weighted by Crippen LogP contribution is 2.29. The van der Waals surface area contributed by atoms with Crippen molar-refractivity contribution in [2.45, 2.75) is 0 Å². The smallest absolute Gasteiger partial charge is 0.205 e. The normalized spacial score (nSPS) is 11.1. The Labute approximate surface area is 121 Å². The Morgan fingerprint density at radius 1 is 1.26 bits per heavy atom. The van der Waals surface area contributed by atoms with Crippen molar-refractivity contribution in [3.05, 3.63) is 51.7 Å². The van der Waals surface area contributed by atoms with Crippen LogP contribution in [-0.2, 0) is 0 Å². The van der Waals surface area contributed by atoms with Gasteiger partial charge in [-0.1, -0.05) is 17.7 Å². The van der Waals surface area contributed by atoms with Crippen LogP contribution in [0.15, 0.2) is 40.9 Å². The van der Waals surface area contributed by atoms with Gasteiger partial charge in [-0.05, 0) is 46.3 Å². The Kier molecular flexibility index (Phi) is 2.95. The van der Waals surface area contributed by atoms with Crippen LogP contribution in [0.5, 0.6) is 0 Å². The summed E-state index contributed by atoms with van der Waals surface area (Å²) in [6, 6.07) is 10.2. The number of fused-ring (bicyclic) bond motifs is 1. The van der Waals surface area contributed by atoms with Crippen molar-refractivity contribution in [1.82, 2.24) is 9.55 Å². The number of halogens is 3. The van der Waals surface area contributed by atoms with Gasteiger partial charge in [0.05, 0.1) is 20.7 Å². The second-order valence-corrected chi connectivity index (χ2v) is 5.27. The Balaban J connectivity index is 2.33. The molecule has 0 saturated heterocycles. The molecular weight excluding hydrogens is 333 g/mol. The van der Waals surface area contributed by atoms with E-state index >= 15 is 0 Å². The molecule has 0 radical (unpaired) electrons. The maximum atomic E-state index is 13.6. The first-order valence-electron chi connectivity index (χ1n) is 5.46. The van der Waals surface area contributed by atoms with E-state index in [1.165, 1.54) is 6.07 Å². The predicted octanol–water partition coefficient (Wildman–Crippen LogP) is 4.16. The summed E-state index contributed by atoms with van der Waals surface area (Å²) in [6.07, 6.45) is 0. The highest BCUT2D eigenvalue weighted by atomic mass is 79.9. The molecule has 1 aromatic heterocycles. The number of hydrogen-bond acceptors (Lipinski definition) is 2. The molecule has 3 aromatic rings.